The van der Waals surface area contributed by atoms with Crippen molar-refractivity contribution in [3.63, 3.8) is 0 Å². The zero-order valence-corrected chi connectivity index (χ0v) is 9.47. The molecule has 0 aliphatic heterocycles. The number of fused-ring (bicyclic) bond motifs is 1. The highest BCUT2D eigenvalue weighted by Crippen LogP contribution is 2.39. The first-order valence-electron chi connectivity index (χ1n) is 5.24. The van der Waals surface area contributed by atoms with Crippen molar-refractivity contribution in [3.8, 4) is 0 Å². The van der Waals surface area contributed by atoms with E-state index in [9.17, 15) is 5.11 Å². The van der Waals surface area contributed by atoms with E-state index in [1.54, 1.807) is 11.3 Å². The van der Waals surface area contributed by atoms with Crippen LogP contribution in [0, 0.1) is 6.92 Å². The molecule has 0 spiro atoms. The third-order valence-electron chi connectivity index (χ3n) is 2.96. The highest BCUT2D eigenvalue weighted by Gasteiger charge is 2.40. The van der Waals surface area contributed by atoms with Gasteiger partial charge in [0.2, 0.25) is 0 Å². The van der Waals surface area contributed by atoms with Gasteiger partial charge in [-0.1, -0.05) is 12.1 Å². The molecule has 0 radical (unpaired) electrons. The Labute approximate surface area is 92.6 Å². The lowest BCUT2D eigenvalue weighted by Gasteiger charge is -2.07. The summed E-state index contributed by atoms with van der Waals surface area (Å²) in [7, 11) is 0. The van der Waals surface area contributed by atoms with Gasteiger partial charge >= 0.3 is 0 Å². The lowest BCUT2D eigenvalue weighted by Crippen LogP contribution is -2.10. The van der Waals surface area contributed by atoms with Crippen molar-refractivity contribution in [1.82, 2.24) is 4.98 Å². The van der Waals surface area contributed by atoms with E-state index in [1.807, 2.05) is 6.92 Å². The summed E-state index contributed by atoms with van der Waals surface area (Å²) >= 11 is 1.72. The molecule has 0 saturated heterocycles. The molecular weight excluding hydrogens is 206 g/mol. The molecule has 1 saturated carbocycles. The Morgan fingerprint density at radius 1 is 1.47 bits per heavy atom. The van der Waals surface area contributed by atoms with Crippen molar-refractivity contribution in [3.05, 3.63) is 28.8 Å². The number of para-hydroxylation sites is 1. The van der Waals surface area contributed by atoms with Crippen LogP contribution in [0.2, 0.25) is 0 Å². The highest BCUT2D eigenvalue weighted by atomic mass is 32.1. The zero-order valence-electron chi connectivity index (χ0n) is 8.66. The average Bonchev–Trinajstić information content (AvgIpc) is 2.76. The number of aromatic nitrogens is 1. The summed E-state index contributed by atoms with van der Waals surface area (Å²) in [4.78, 5) is 4.53. The van der Waals surface area contributed by atoms with Crippen LogP contribution < -0.4 is 0 Å². The molecule has 1 aromatic carbocycles. The Balaban J connectivity index is 2.08. The van der Waals surface area contributed by atoms with Gasteiger partial charge in [-0.25, -0.2) is 4.98 Å². The molecule has 0 amide bonds. The summed E-state index contributed by atoms with van der Waals surface area (Å²) in [5.74, 6) is 0. The summed E-state index contributed by atoms with van der Waals surface area (Å²) < 4.78 is 1.23. The van der Waals surface area contributed by atoms with E-state index in [1.165, 1.54) is 10.3 Å². The number of aryl methyl sites for hydroxylation is 1. The fourth-order valence-electron chi connectivity index (χ4n) is 1.93. The number of thiazole rings is 1. The average molecular weight is 219 g/mol. The molecular formula is C12H13NOS. The first-order valence-corrected chi connectivity index (χ1v) is 6.05. The van der Waals surface area contributed by atoms with Crippen LogP contribution in [0.5, 0.6) is 0 Å². The fourth-order valence-corrected chi connectivity index (χ4v) is 2.81. The van der Waals surface area contributed by atoms with Crippen LogP contribution in [-0.2, 0) is 6.42 Å². The van der Waals surface area contributed by atoms with E-state index in [4.69, 9.17) is 0 Å². The molecule has 3 heteroatoms. The highest BCUT2D eigenvalue weighted by molar-refractivity contribution is 7.18. The number of hydrogen-bond acceptors (Lipinski definition) is 3. The summed E-state index contributed by atoms with van der Waals surface area (Å²) in [5.41, 5.74) is 1.85. The molecule has 15 heavy (non-hydrogen) atoms. The SMILES string of the molecule is Cc1nc2c(CC3(O)CC3)cccc2s1. The molecule has 78 valence electrons. The molecule has 0 unspecified atom stereocenters. The van der Waals surface area contributed by atoms with Crippen LogP contribution in [-0.4, -0.2) is 15.7 Å². The Hall–Kier alpha value is -0.930. The van der Waals surface area contributed by atoms with Crippen molar-refractivity contribution >= 4 is 21.6 Å². The summed E-state index contributed by atoms with van der Waals surface area (Å²) in [6.07, 6.45) is 2.63. The second-order valence-corrected chi connectivity index (χ2v) is 5.63. The van der Waals surface area contributed by atoms with Crippen molar-refractivity contribution < 1.29 is 5.11 Å². The Morgan fingerprint density at radius 2 is 2.27 bits per heavy atom. The van der Waals surface area contributed by atoms with E-state index >= 15 is 0 Å². The molecule has 1 N–H and O–H groups in total. The van der Waals surface area contributed by atoms with E-state index in [0.29, 0.717) is 0 Å². The van der Waals surface area contributed by atoms with E-state index in [0.717, 1.165) is 29.8 Å². The van der Waals surface area contributed by atoms with Crippen LogP contribution in [0.4, 0.5) is 0 Å². The minimum absolute atomic E-state index is 0.425. The zero-order chi connectivity index (χ0) is 10.5. The molecule has 0 bridgehead atoms. The first kappa shape index (κ1) is 9.31. The van der Waals surface area contributed by atoms with Crippen molar-refractivity contribution in [2.75, 3.05) is 0 Å². The van der Waals surface area contributed by atoms with Gasteiger partial charge in [-0.15, -0.1) is 11.3 Å². The predicted octanol–water partition coefficient (Wildman–Crippen LogP) is 2.67. The predicted molar refractivity (Wildman–Crippen MR) is 62.2 cm³/mol. The van der Waals surface area contributed by atoms with Gasteiger partial charge in [0.25, 0.3) is 0 Å². The Kier molecular flexibility index (Phi) is 1.88. The molecule has 2 nitrogen and oxygen atoms in total. The van der Waals surface area contributed by atoms with Crippen LogP contribution in [0.1, 0.15) is 23.4 Å². The molecule has 1 aliphatic carbocycles. The Bertz CT molecular complexity index is 513. The Morgan fingerprint density at radius 3 is 3.00 bits per heavy atom. The molecule has 1 fully saturated rings. The summed E-state index contributed by atoms with van der Waals surface area (Å²) in [6, 6.07) is 6.24. The smallest absolute Gasteiger partial charge is 0.0907 e. The molecule has 1 aromatic heterocycles. The van der Waals surface area contributed by atoms with Gasteiger partial charge in [-0.05, 0) is 31.4 Å². The van der Waals surface area contributed by atoms with E-state index in [2.05, 4.69) is 23.2 Å². The minimum Gasteiger partial charge on any atom is -0.390 e. The second-order valence-electron chi connectivity index (χ2n) is 4.40. The quantitative estimate of drug-likeness (QED) is 0.842. The fraction of sp³-hybridized carbons (Fsp3) is 0.417. The van der Waals surface area contributed by atoms with Crippen LogP contribution in [0.15, 0.2) is 18.2 Å². The minimum atomic E-state index is -0.425. The maximum Gasteiger partial charge on any atom is 0.0907 e. The van der Waals surface area contributed by atoms with Gasteiger partial charge in [0.15, 0.2) is 0 Å². The summed E-state index contributed by atoms with van der Waals surface area (Å²) in [6.45, 7) is 2.03. The van der Waals surface area contributed by atoms with Gasteiger partial charge in [0.1, 0.15) is 0 Å². The lowest BCUT2D eigenvalue weighted by atomic mass is 10.1. The van der Waals surface area contributed by atoms with E-state index < -0.39 is 5.60 Å². The number of nitrogens with zero attached hydrogens (tertiary/aromatic N) is 1. The topological polar surface area (TPSA) is 33.1 Å². The van der Waals surface area contributed by atoms with Gasteiger partial charge in [0, 0.05) is 6.42 Å². The largest absolute Gasteiger partial charge is 0.390 e. The standard InChI is InChI=1S/C12H13NOS/c1-8-13-11-9(7-12(14)5-6-12)3-2-4-10(11)15-8/h2-4,14H,5-7H2,1H3. The number of hydrogen-bond donors (Lipinski definition) is 1. The van der Waals surface area contributed by atoms with Gasteiger partial charge < -0.3 is 5.11 Å². The monoisotopic (exact) mass is 219 g/mol. The first-order chi connectivity index (χ1) is 7.16. The molecule has 1 heterocycles. The van der Waals surface area contributed by atoms with Crippen LogP contribution in [0.25, 0.3) is 10.2 Å². The van der Waals surface area contributed by atoms with Crippen molar-refractivity contribution in [1.29, 1.82) is 0 Å². The lowest BCUT2D eigenvalue weighted by molar-refractivity contribution is 0.151. The molecule has 1 aliphatic rings. The third-order valence-corrected chi connectivity index (χ3v) is 3.89. The molecule has 0 atom stereocenters. The second kappa shape index (κ2) is 3.03. The third kappa shape index (κ3) is 1.66. The number of aliphatic hydroxyl groups is 1. The van der Waals surface area contributed by atoms with Crippen molar-refractivity contribution in [2.45, 2.75) is 31.8 Å². The summed E-state index contributed by atoms with van der Waals surface area (Å²) in [5, 5.41) is 11.0. The molecule has 2 aromatic rings. The van der Waals surface area contributed by atoms with Gasteiger partial charge in [-0.2, -0.15) is 0 Å². The number of benzene rings is 1. The normalized spacial score (nSPS) is 18.3. The van der Waals surface area contributed by atoms with E-state index in [-0.39, 0.29) is 0 Å². The van der Waals surface area contributed by atoms with Gasteiger partial charge in [-0.3, -0.25) is 0 Å². The number of rotatable bonds is 2. The van der Waals surface area contributed by atoms with Crippen molar-refractivity contribution in [2.24, 2.45) is 0 Å². The molecule has 3 rings (SSSR count). The van der Waals surface area contributed by atoms with Gasteiger partial charge in [0.05, 0.1) is 20.8 Å². The van der Waals surface area contributed by atoms with Crippen LogP contribution >= 0.6 is 11.3 Å². The maximum absolute atomic E-state index is 9.92. The maximum atomic E-state index is 9.92. The van der Waals surface area contributed by atoms with Crippen LogP contribution in [0.3, 0.4) is 0 Å².